The predicted molar refractivity (Wildman–Crippen MR) is 96.3 cm³/mol. The van der Waals surface area contributed by atoms with E-state index in [1.807, 2.05) is 17.9 Å². The number of ether oxygens (including phenoxy) is 1. The summed E-state index contributed by atoms with van der Waals surface area (Å²) in [7, 11) is 0. The van der Waals surface area contributed by atoms with Crippen molar-refractivity contribution in [3.63, 3.8) is 0 Å². The third kappa shape index (κ3) is 4.63. The summed E-state index contributed by atoms with van der Waals surface area (Å²) in [5.41, 5.74) is 2.85. The van der Waals surface area contributed by atoms with Gasteiger partial charge in [-0.15, -0.1) is 0 Å². The summed E-state index contributed by atoms with van der Waals surface area (Å²) in [6.45, 7) is 6.01. The predicted octanol–water partition coefficient (Wildman–Crippen LogP) is 3.17. The topological polar surface area (TPSA) is 55.3 Å². The highest BCUT2D eigenvalue weighted by molar-refractivity contribution is 5.93. The fourth-order valence-corrected chi connectivity index (χ4v) is 3.11. The van der Waals surface area contributed by atoms with Crippen molar-refractivity contribution < 1.29 is 9.53 Å². The molecule has 1 atom stereocenters. The third-order valence-electron chi connectivity index (χ3n) is 4.46. The zero-order valence-corrected chi connectivity index (χ0v) is 14.9. The molecule has 1 aromatic carbocycles. The smallest absolute Gasteiger partial charge is 0.257 e. The van der Waals surface area contributed by atoms with Gasteiger partial charge in [-0.05, 0) is 25.3 Å². The summed E-state index contributed by atoms with van der Waals surface area (Å²) in [5, 5.41) is 0. The first-order valence-electron chi connectivity index (χ1n) is 8.93. The van der Waals surface area contributed by atoms with Crippen LogP contribution in [-0.4, -0.2) is 40.0 Å². The summed E-state index contributed by atoms with van der Waals surface area (Å²) in [4.78, 5) is 23.4. The Kier molecular flexibility index (Phi) is 5.76. The van der Waals surface area contributed by atoms with Gasteiger partial charge >= 0.3 is 0 Å². The number of amides is 1. The first kappa shape index (κ1) is 17.5. The number of aryl methyl sites for hydroxylation is 2. The monoisotopic (exact) mass is 339 g/mol. The lowest BCUT2D eigenvalue weighted by molar-refractivity contribution is 0.0506. The van der Waals surface area contributed by atoms with Gasteiger partial charge in [0, 0.05) is 38.5 Å². The average Bonchev–Trinajstić information content (AvgIpc) is 3.14. The normalized spacial score (nSPS) is 16.8. The van der Waals surface area contributed by atoms with E-state index in [-0.39, 0.29) is 12.0 Å². The zero-order chi connectivity index (χ0) is 17.6. The fourth-order valence-electron chi connectivity index (χ4n) is 3.11. The van der Waals surface area contributed by atoms with Gasteiger partial charge in [0.05, 0.1) is 11.7 Å². The summed E-state index contributed by atoms with van der Waals surface area (Å²) >= 11 is 0. The van der Waals surface area contributed by atoms with Gasteiger partial charge in [0.1, 0.15) is 5.82 Å². The SMILES string of the molecule is CCc1ncc(C(=O)N(Cc2cccc(C)c2)CC2CCCO2)cn1. The van der Waals surface area contributed by atoms with Gasteiger partial charge in [-0.1, -0.05) is 36.8 Å². The Labute approximate surface area is 149 Å². The highest BCUT2D eigenvalue weighted by Crippen LogP contribution is 2.17. The maximum atomic E-state index is 13.0. The van der Waals surface area contributed by atoms with Gasteiger partial charge in [-0.3, -0.25) is 4.79 Å². The Morgan fingerprint density at radius 2 is 2.12 bits per heavy atom. The van der Waals surface area contributed by atoms with E-state index in [0.29, 0.717) is 18.7 Å². The van der Waals surface area contributed by atoms with Crippen molar-refractivity contribution in [1.29, 1.82) is 0 Å². The summed E-state index contributed by atoms with van der Waals surface area (Å²) in [6.07, 6.45) is 6.20. The molecule has 1 unspecified atom stereocenters. The van der Waals surface area contributed by atoms with Crippen LogP contribution in [-0.2, 0) is 17.7 Å². The molecule has 0 spiro atoms. The van der Waals surface area contributed by atoms with Gasteiger partial charge in [0.2, 0.25) is 0 Å². The van der Waals surface area contributed by atoms with E-state index in [1.54, 1.807) is 12.4 Å². The van der Waals surface area contributed by atoms with E-state index in [4.69, 9.17) is 4.74 Å². The Balaban J connectivity index is 1.79. The molecule has 25 heavy (non-hydrogen) atoms. The van der Waals surface area contributed by atoms with Crippen LogP contribution >= 0.6 is 0 Å². The zero-order valence-electron chi connectivity index (χ0n) is 14.9. The standard InChI is InChI=1S/C20H25N3O2/c1-3-19-21-11-17(12-22-19)20(24)23(14-18-8-5-9-25-18)13-16-7-4-6-15(2)10-16/h4,6-7,10-12,18H,3,5,8-9,13-14H2,1-2H3. The highest BCUT2D eigenvalue weighted by atomic mass is 16.5. The van der Waals surface area contributed by atoms with E-state index in [1.165, 1.54) is 5.56 Å². The average molecular weight is 339 g/mol. The second-order valence-electron chi connectivity index (χ2n) is 6.55. The molecule has 5 heteroatoms. The molecule has 2 heterocycles. The Bertz CT molecular complexity index is 709. The molecule has 132 valence electrons. The first-order chi connectivity index (χ1) is 12.2. The summed E-state index contributed by atoms with van der Waals surface area (Å²) < 4.78 is 5.74. The minimum Gasteiger partial charge on any atom is -0.376 e. The van der Waals surface area contributed by atoms with Crippen LogP contribution in [0.5, 0.6) is 0 Å². The molecule has 1 saturated heterocycles. The molecule has 1 aliphatic heterocycles. The molecular formula is C20H25N3O2. The molecule has 1 aliphatic rings. The first-order valence-corrected chi connectivity index (χ1v) is 8.93. The number of carbonyl (C=O) groups excluding carboxylic acids is 1. The molecule has 3 rings (SSSR count). The number of rotatable bonds is 6. The number of hydrogen-bond donors (Lipinski definition) is 0. The van der Waals surface area contributed by atoms with Crippen LogP contribution in [0.4, 0.5) is 0 Å². The summed E-state index contributed by atoms with van der Waals surface area (Å²) in [6, 6.07) is 8.26. The Morgan fingerprint density at radius 1 is 1.32 bits per heavy atom. The lowest BCUT2D eigenvalue weighted by Crippen LogP contribution is -2.37. The van der Waals surface area contributed by atoms with Crippen molar-refractivity contribution in [1.82, 2.24) is 14.9 Å². The van der Waals surface area contributed by atoms with Crippen molar-refractivity contribution in [3.8, 4) is 0 Å². The maximum Gasteiger partial charge on any atom is 0.257 e. The van der Waals surface area contributed by atoms with Crippen LogP contribution in [0.1, 0.15) is 47.1 Å². The quantitative estimate of drug-likeness (QED) is 0.811. The Hall–Kier alpha value is -2.27. The minimum absolute atomic E-state index is 0.0420. The van der Waals surface area contributed by atoms with Crippen molar-refractivity contribution in [3.05, 3.63) is 59.2 Å². The van der Waals surface area contributed by atoms with Crippen LogP contribution in [0, 0.1) is 6.92 Å². The van der Waals surface area contributed by atoms with Crippen molar-refractivity contribution in [2.24, 2.45) is 0 Å². The lowest BCUT2D eigenvalue weighted by Gasteiger charge is -2.25. The van der Waals surface area contributed by atoms with Crippen molar-refractivity contribution in [2.45, 2.75) is 45.8 Å². The molecule has 0 saturated carbocycles. The van der Waals surface area contributed by atoms with Gasteiger partial charge in [0.25, 0.3) is 5.91 Å². The van der Waals surface area contributed by atoms with Crippen LogP contribution in [0.3, 0.4) is 0 Å². The van der Waals surface area contributed by atoms with E-state index < -0.39 is 0 Å². The molecule has 2 aromatic rings. The van der Waals surface area contributed by atoms with Crippen LogP contribution in [0.25, 0.3) is 0 Å². The maximum absolute atomic E-state index is 13.0. The van der Waals surface area contributed by atoms with Crippen molar-refractivity contribution in [2.75, 3.05) is 13.2 Å². The molecule has 5 nitrogen and oxygen atoms in total. The van der Waals surface area contributed by atoms with Gasteiger partial charge < -0.3 is 9.64 Å². The molecule has 1 fully saturated rings. The number of benzene rings is 1. The lowest BCUT2D eigenvalue weighted by atomic mass is 10.1. The third-order valence-corrected chi connectivity index (χ3v) is 4.46. The van der Waals surface area contributed by atoms with Gasteiger partial charge in [-0.2, -0.15) is 0 Å². The Morgan fingerprint density at radius 3 is 2.76 bits per heavy atom. The van der Waals surface area contributed by atoms with E-state index >= 15 is 0 Å². The van der Waals surface area contributed by atoms with E-state index in [0.717, 1.165) is 37.3 Å². The number of nitrogens with zero attached hydrogens (tertiary/aromatic N) is 3. The van der Waals surface area contributed by atoms with Crippen LogP contribution in [0.2, 0.25) is 0 Å². The van der Waals surface area contributed by atoms with Gasteiger partial charge in [0.15, 0.2) is 0 Å². The minimum atomic E-state index is -0.0420. The van der Waals surface area contributed by atoms with Crippen molar-refractivity contribution >= 4 is 5.91 Å². The largest absolute Gasteiger partial charge is 0.376 e. The van der Waals surface area contributed by atoms with Gasteiger partial charge in [-0.25, -0.2) is 9.97 Å². The summed E-state index contributed by atoms with van der Waals surface area (Å²) in [5.74, 6) is 0.709. The van der Waals surface area contributed by atoms with Crippen LogP contribution < -0.4 is 0 Å². The molecule has 0 radical (unpaired) electrons. The number of aromatic nitrogens is 2. The molecule has 0 bridgehead atoms. The number of carbonyl (C=O) groups is 1. The van der Waals surface area contributed by atoms with E-state index in [9.17, 15) is 4.79 Å². The molecule has 0 aliphatic carbocycles. The highest BCUT2D eigenvalue weighted by Gasteiger charge is 2.24. The second-order valence-corrected chi connectivity index (χ2v) is 6.55. The number of hydrogen-bond acceptors (Lipinski definition) is 4. The molecular weight excluding hydrogens is 314 g/mol. The fraction of sp³-hybridized carbons (Fsp3) is 0.450. The molecule has 1 aromatic heterocycles. The molecule has 1 amide bonds. The van der Waals surface area contributed by atoms with E-state index in [2.05, 4.69) is 35.1 Å². The van der Waals surface area contributed by atoms with Crippen LogP contribution in [0.15, 0.2) is 36.7 Å². The second kappa shape index (κ2) is 8.21. The molecule has 0 N–H and O–H groups in total.